The van der Waals surface area contributed by atoms with Crippen molar-refractivity contribution in [2.45, 2.75) is 0 Å². The van der Waals surface area contributed by atoms with Gasteiger partial charge in [0.15, 0.2) is 6.61 Å². The van der Waals surface area contributed by atoms with Gasteiger partial charge in [-0.15, -0.1) is 0 Å². The van der Waals surface area contributed by atoms with Gasteiger partial charge in [0, 0.05) is 11.6 Å². The molecule has 0 aromatic heterocycles. The number of ether oxygens (including phenoxy) is 3. The number of aldehydes is 1. The molecule has 0 heterocycles. The van der Waals surface area contributed by atoms with E-state index in [1.165, 1.54) is 13.2 Å². The van der Waals surface area contributed by atoms with Crippen LogP contribution in [0.2, 0.25) is 0 Å². The maximum atomic E-state index is 12.0. The van der Waals surface area contributed by atoms with Gasteiger partial charge in [-0.2, -0.15) is 0 Å². The summed E-state index contributed by atoms with van der Waals surface area (Å²) in [5.74, 6) is 1.26. The van der Waals surface area contributed by atoms with E-state index in [1.807, 2.05) is 0 Å². The number of amides is 1. The third-order valence-corrected chi connectivity index (χ3v) is 3.04. The van der Waals surface area contributed by atoms with Gasteiger partial charge in [-0.05, 0) is 30.3 Å². The molecule has 1 amide bonds. The van der Waals surface area contributed by atoms with Crippen LogP contribution in [0.4, 0.5) is 5.69 Å². The Kier molecular flexibility index (Phi) is 5.57. The van der Waals surface area contributed by atoms with Crippen LogP contribution < -0.4 is 19.5 Å². The van der Waals surface area contributed by atoms with Gasteiger partial charge in [0.05, 0.1) is 19.9 Å². The summed E-state index contributed by atoms with van der Waals surface area (Å²) in [4.78, 5) is 22.8. The van der Waals surface area contributed by atoms with Crippen molar-refractivity contribution in [2.24, 2.45) is 0 Å². The summed E-state index contributed by atoms with van der Waals surface area (Å²) >= 11 is 0. The number of nitrogens with one attached hydrogen (secondary N) is 1. The van der Waals surface area contributed by atoms with E-state index in [4.69, 9.17) is 14.2 Å². The molecule has 23 heavy (non-hydrogen) atoms. The number of carbonyl (C=O) groups is 2. The molecule has 120 valence electrons. The van der Waals surface area contributed by atoms with Gasteiger partial charge >= 0.3 is 0 Å². The quantitative estimate of drug-likeness (QED) is 0.795. The Morgan fingerprint density at radius 1 is 1.09 bits per heavy atom. The van der Waals surface area contributed by atoms with E-state index < -0.39 is 0 Å². The summed E-state index contributed by atoms with van der Waals surface area (Å²) in [5.41, 5.74) is 0.853. The number of benzene rings is 2. The van der Waals surface area contributed by atoms with Crippen molar-refractivity contribution in [3.8, 4) is 17.2 Å². The lowest BCUT2D eigenvalue weighted by atomic mass is 10.2. The average Bonchev–Trinajstić information content (AvgIpc) is 2.60. The molecule has 2 rings (SSSR count). The van der Waals surface area contributed by atoms with E-state index in [2.05, 4.69) is 5.32 Å². The first-order valence-electron chi connectivity index (χ1n) is 6.86. The topological polar surface area (TPSA) is 73.9 Å². The lowest BCUT2D eigenvalue weighted by Crippen LogP contribution is -2.20. The van der Waals surface area contributed by atoms with Crippen molar-refractivity contribution in [1.82, 2.24) is 0 Å². The Balaban J connectivity index is 2.00. The maximum absolute atomic E-state index is 12.0. The smallest absolute Gasteiger partial charge is 0.262 e. The van der Waals surface area contributed by atoms with Gasteiger partial charge in [0.2, 0.25) is 0 Å². The van der Waals surface area contributed by atoms with Crippen molar-refractivity contribution >= 4 is 17.9 Å². The fourth-order valence-electron chi connectivity index (χ4n) is 1.92. The summed E-state index contributed by atoms with van der Waals surface area (Å²) in [6, 6.07) is 11.7. The number of hydrogen-bond donors (Lipinski definition) is 1. The Hall–Kier alpha value is -3.02. The summed E-state index contributed by atoms with van der Waals surface area (Å²) < 4.78 is 15.6. The summed E-state index contributed by atoms with van der Waals surface area (Å²) in [6.07, 6.45) is 0.696. The lowest BCUT2D eigenvalue weighted by molar-refractivity contribution is -0.118. The zero-order valence-corrected chi connectivity index (χ0v) is 12.9. The molecule has 0 aliphatic carbocycles. The third kappa shape index (κ3) is 4.47. The van der Waals surface area contributed by atoms with Crippen LogP contribution in [0.15, 0.2) is 42.5 Å². The van der Waals surface area contributed by atoms with Crippen molar-refractivity contribution in [2.75, 3.05) is 26.1 Å². The van der Waals surface area contributed by atoms with Gasteiger partial charge in [0.1, 0.15) is 23.5 Å². The molecule has 2 aromatic rings. The third-order valence-electron chi connectivity index (χ3n) is 3.04. The molecule has 0 atom stereocenters. The minimum Gasteiger partial charge on any atom is -0.497 e. The molecule has 0 saturated carbocycles. The fourth-order valence-corrected chi connectivity index (χ4v) is 1.92. The highest BCUT2D eigenvalue weighted by Crippen LogP contribution is 2.25. The minimum absolute atomic E-state index is 0.179. The van der Waals surface area contributed by atoms with E-state index in [9.17, 15) is 9.59 Å². The molecule has 0 unspecified atom stereocenters. The molecule has 1 N–H and O–H groups in total. The Bertz CT molecular complexity index is 699. The average molecular weight is 315 g/mol. The molecule has 0 radical (unpaired) electrons. The predicted octanol–water partition coefficient (Wildman–Crippen LogP) is 2.53. The summed E-state index contributed by atoms with van der Waals surface area (Å²) in [5, 5.41) is 2.66. The first-order chi connectivity index (χ1) is 11.2. The SMILES string of the molecule is COc1cccc(OCC(=O)Nc2cc(C=O)ccc2OC)c1. The Morgan fingerprint density at radius 2 is 1.87 bits per heavy atom. The second-order valence-corrected chi connectivity index (χ2v) is 4.59. The van der Waals surface area contributed by atoms with Crippen LogP contribution in [-0.2, 0) is 4.79 Å². The van der Waals surface area contributed by atoms with Crippen LogP contribution in [0, 0.1) is 0 Å². The molecule has 0 fully saturated rings. The van der Waals surface area contributed by atoms with Crippen molar-refractivity contribution in [1.29, 1.82) is 0 Å². The van der Waals surface area contributed by atoms with Crippen LogP contribution in [0.5, 0.6) is 17.2 Å². The first-order valence-corrected chi connectivity index (χ1v) is 6.86. The monoisotopic (exact) mass is 315 g/mol. The Morgan fingerprint density at radius 3 is 2.57 bits per heavy atom. The largest absolute Gasteiger partial charge is 0.497 e. The van der Waals surface area contributed by atoms with Gasteiger partial charge in [-0.1, -0.05) is 6.07 Å². The number of anilines is 1. The van der Waals surface area contributed by atoms with Crippen molar-refractivity contribution in [3.63, 3.8) is 0 Å². The van der Waals surface area contributed by atoms with Crippen LogP contribution in [0.25, 0.3) is 0 Å². The molecule has 6 heteroatoms. The molecular formula is C17H17NO5. The van der Waals surface area contributed by atoms with Crippen LogP contribution in [0.3, 0.4) is 0 Å². The van der Waals surface area contributed by atoms with E-state index >= 15 is 0 Å². The summed E-state index contributed by atoms with van der Waals surface area (Å²) in [7, 11) is 3.04. The van der Waals surface area contributed by atoms with Crippen LogP contribution in [0.1, 0.15) is 10.4 Å². The second kappa shape index (κ2) is 7.84. The highest BCUT2D eigenvalue weighted by atomic mass is 16.5. The van der Waals surface area contributed by atoms with E-state index in [1.54, 1.807) is 43.5 Å². The van der Waals surface area contributed by atoms with E-state index in [0.29, 0.717) is 34.8 Å². The number of hydrogen-bond acceptors (Lipinski definition) is 5. The van der Waals surface area contributed by atoms with E-state index in [0.717, 1.165) is 0 Å². The molecular weight excluding hydrogens is 298 g/mol. The molecule has 0 aliphatic heterocycles. The zero-order chi connectivity index (χ0) is 16.7. The second-order valence-electron chi connectivity index (χ2n) is 4.59. The standard InChI is InChI=1S/C17H17NO5/c1-21-13-4-3-5-14(9-13)23-11-17(20)18-15-8-12(10-19)6-7-16(15)22-2/h3-10H,11H2,1-2H3,(H,18,20). The van der Waals surface area contributed by atoms with Crippen molar-refractivity contribution in [3.05, 3.63) is 48.0 Å². The highest BCUT2D eigenvalue weighted by Gasteiger charge is 2.09. The molecule has 0 aliphatic rings. The highest BCUT2D eigenvalue weighted by molar-refractivity contribution is 5.94. The van der Waals surface area contributed by atoms with Gasteiger partial charge in [0.25, 0.3) is 5.91 Å². The van der Waals surface area contributed by atoms with Crippen LogP contribution >= 0.6 is 0 Å². The number of carbonyl (C=O) groups excluding carboxylic acids is 2. The number of methoxy groups -OCH3 is 2. The molecule has 0 saturated heterocycles. The van der Waals surface area contributed by atoms with Gasteiger partial charge in [-0.3, -0.25) is 9.59 Å². The van der Waals surface area contributed by atoms with Gasteiger partial charge < -0.3 is 19.5 Å². The fraction of sp³-hybridized carbons (Fsp3) is 0.176. The molecule has 6 nitrogen and oxygen atoms in total. The first kappa shape index (κ1) is 16.4. The predicted molar refractivity (Wildman–Crippen MR) is 85.5 cm³/mol. The Labute approximate surface area is 134 Å². The maximum Gasteiger partial charge on any atom is 0.262 e. The van der Waals surface area contributed by atoms with Crippen molar-refractivity contribution < 1.29 is 23.8 Å². The van der Waals surface area contributed by atoms with E-state index in [-0.39, 0.29) is 12.5 Å². The van der Waals surface area contributed by atoms with Crippen LogP contribution in [-0.4, -0.2) is 33.0 Å². The molecule has 0 spiro atoms. The minimum atomic E-state index is -0.367. The summed E-state index contributed by atoms with van der Waals surface area (Å²) in [6.45, 7) is -0.179. The normalized spacial score (nSPS) is 9.83. The molecule has 2 aromatic carbocycles. The lowest BCUT2D eigenvalue weighted by Gasteiger charge is -2.11. The molecule has 0 bridgehead atoms. The number of rotatable bonds is 7. The van der Waals surface area contributed by atoms with Gasteiger partial charge in [-0.25, -0.2) is 0 Å². The zero-order valence-electron chi connectivity index (χ0n) is 12.9.